The highest BCUT2D eigenvalue weighted by molar-refractivity contribution is 5.93. The van der Waals surface area contributed by atoms with E-state index in [2.05, 4.69) is 28.5 Å². The molecule has 0 unspecified atom stereocenters. The summed E-state index contributed by atoms with van der Waals surface area (Å²) in [7, 11) is 0. The molecule has 2 aromatic carbocycles. The predicted molar refractivity (Wildman–Crippen MR) is 92.9 cm³/mol. The molecule has 4 rings (SSSR count). The van der Waals surface area contributed by atoms with Crippen molar-refractivity contribution in [1.29, 1.82) is 0 Å². The van der Waals surface area contributed by atoms with Crippen LogP contribution in [0.25, 0.3) is 22.0 Å². The summed E-state index contributed by atoms with van der Waals surface area (Å²) in [5.41, 5.74) is 5.47. The van der Waals surface area contributed by atoms with Crippen molar-refractivity contribution in [3.05, 3.63) is 63.9 Å². The molecule has 0 radical (unpaired) electrons. The second-order valence-corrected chi connectivity index (χ2v) is 5.72. The molecule has 1 aromatic heterocycles. The first-order valence-corrected chi connectivity index (χ1v) is 7.86. The molecular formula is C19H18N2O2. The molecule has 0 saturated heterocycles. The van der Waals surface area contributed by atoms with Crippen LogP contribution in [0, 0.1) is 0 Å². The molecule has 0 atom stereocenters. The molecule has 2 N–H and O–H groups in total. The number of nitrogens with one attached hydrogen (secondary N) is 2. The lowest BCUT2D eigenvalue weighted by atomic mass is 10.0. The van der Waals surface area contributed by atoms with Crippen LogP contribution in [0.3, 0.4) is 0 Å². The second kappa shape index (κ2) is 5.56. The van der Waals surface area contributed by atoms with Crippen molar-refractivity contribution in [3.63, 3.8) is 0 Å². The van der Waals surface area contributed by atoms with Gasteiger partial charge in [-0.1, -0.05) is 24.3 Å². The van der Waals surface area contributed by atoms with Crippen molar-refractivity contribution in [2.75, 3.05) is 18.7 Å². The van der Waals surface area contributed by atoms with Crippen LogP contribution in [0.2, 0.25) is 0 Å². The Labute approximate surface area is 134 Å². The lowest BCUT2D eigenvalue weighted by Crippen LogP contribution is -2.08. The molecule has 0 amide bonds. The quantitative estimate of drug-likeness (QED) is 0.448. The molecule has 0 aliphatic heterocycles. The highest BCUT2D eigenvalue weighted by Gasteiger charge is 2.22. The summed E-state index contributed by atoms with van der Waals surface area (Å²) in [6.45, 7) is 3.13. The Hall–Kier alpha value is -2.59. The topological polar surface area (TPSA) is 54.1 Å². The summed E-state index contributed by atoms with van der Waals surface area (Å²) in [6.07, 6.45) is 0.855. The van der Waals surface area contributed by atoms with Crippen LogP contribution in [0.15, 0.2) is 47.3 Å². The molecule has 0 spiro atoms. The molecule has 0 fully saturated rings. The zero-order chi connectivity index (χ0) is 15.8. The van der Waals surface area contributed by atoms with E-state index in [1.165, 1.54) is 11.1 Å². The molecular weight excluding hydrogens is 288 g/mol. The molecule has 23 heavy (non-hydrogen) atoms. The molecule has 0 saturated carbocycles. The van der Waals surface area contributed by atoms with Crippen LogP contribution < -0.4 is 10.9 Å². The van der Waals surface area contributed by atoms with Gasteiger partial charge in [-0.3, -0.25) is 4.79 Å². The standard InChI is InChI=1S/C19H18N2O2/c1-2-23-11-20-13-8-7-12-9-17-14-5-3-4-6-15(14)19(22)21-18(17)16(12)10-13/h3-8,10,20H,2,9,11H2,1H3,(H,21,22). The maximum Gasteiger partial charge on any atom is 0.256 e. The minimum atomic E-state index is -0.0279. The molecule has 1 heterocycles. The summed E-state index contributed by atoms with van der Waals surface area (Å²) in [6, 6.07) is 14.1. The third-order valence-corrected chi connectivity index (χ3v) is 4.37. The Balaban J connectivity index is 1.82. The van der Waals surface area contributed by atoms with Gasteiger partial charge in [0, 0.05) is 29.7 Å². The van der Waals surface area contributed by atoms with Crippen molar-refractivity contribution in [1.82, 2.24) is 4.98 Å². The molecule has 4 nitrogen and oxygen atoms in total. The number of aromatic nitrogens is 1. The fourth-order valence-corrected chi connectivity index (χ4v) is 3.25. The normalized spacial score (nSPS) is 12.2. The van der Waals surface area contributed by atoms with Gasteiger partial charge in [0.1, 0.15) is 6.73 Å². The van der Waals surface area contributed by atoms with Gasteiger partial charge in [-0.25, -0.2) is 0 Å². The van der Waals surface area contributed by atoms with Crippen molar-refractivity contribution in [2.24, 2.45) is 0 Å². The number of rotatable bonds is 4. The van der Waals surface area contributed by atoms with Gasteiger partial charge in [0.25, 0.3) is 5.56 Å². The Kier molecular flexibility index (Phi) is 3.39. The number of anilines is 1. The van der Waals surface area contributed by atoms with E-state index in [1.807, 2.05) is 31.2 Å². The highest BCUT2D eigenvalue weighted by Crippen LogP contribution is 2.38. The van der Waals surface area contributed by atoms with Crippen LogP contribution in [0.1, 0.15) is 18.1 Å². The lowest BCUT2D eigenvalue weighted by Gasteiger charge is -2.09. The first kappa shape index (κ1) is 14.0. The van der Waals surface area contributed by atoms with E-state index in [4.69, 9.17) is 4.74 Å². The van der Waals surface area contributed by atoms with Crippen molar-refractivity contribution < 1.29 is 4.74 Å². The molecule has 1 aliphatic carbocycles. The van der Waals surface area contributed by atoms with E-state index >= 15 is 0 Å². The Bertz CT molecular complexity index is 944. The van der Waals surface area contributed by atoms with Crippen LogP contribution in [-0.2, 0) is 11.2 Å². The molecule has 4 heteroatoms. The van der Waals surface area contributed by atoms with Gasteiger partial charge in [0.15, 0.2) is 0 Å². The lowest BCUT2D eigenvalue weighted by molar-refractivity contribution is 0.167. The van der Waals surface area contributed by atoms with E-state index in [0.29, 0.717) is 13.3 Å². The average Bonchev–Trinajstić information content (AvgIpc) is 2.94. The van der Waals surface area contributed by atoms with Gasteiger partial charge in [0.2, 0.25) is 0 Å². The third-order valence-electron chi connectivity index (χ3n) is 4.37. The van der Waals surface area contributed by atoms with E-state index in [-0.39, 0.29) is 5.56 Å². The van der Waals surface area contributed by atoms with Gasteiger partial charge in [-0.15, -0.1) is 0 Å². The van der Waals surface area contributed by atoms with E-state index in [9.17, 15) is 4.79 Å². The van der Waals surface area contributed by atoms with E-state index in [1.54, 1.807) is 0 Å². The minimum Gasteiger partial charge on any atom is -0.363 e. The van der Waals surface area contributed by atoms with Crippen molar-refractivity contribution in [2.45, 2.75) is 13.3 Å². The number of hydrogen-bond donors (Lipinski definition) is 2. The fourth-order valence-electron chi connectivity index (χ4n) is 3.25. The van der Waals surface area contributed by atoms with Crippen LogP contribution in [0.4, 0.5) is 5.69 Å². The first-order valence-electron chi connectivity index (χ1n) is 7.86. The van der Waals surface area contributed by atoms with Crippen LogP contribution in [-0.4, -0.2) is 18.3 Å². The van der Waals surface area contributed by atoms with Crippen LogP contribution in [0.5, 0.6) is 0 Å². The smallest absolute Gasteiger partial charge is 0.256 e. The summed E-state index contributed by atoms with van der Waals surface area (Å²) in [5, 5.41) is 5.05. The maximum atomic E-state index is 12.4. The van der Waals surface area contributed by atoms with Gasteiger partial charge >= 0.3 is 0 Å². The summed E-state index contributed by atoms with van der Waals surface area (Å²) < 4.78 is 5.33. The molecule has 3 aromatic rings. The zero-order valence-corrected chi connectivity index (χ0v) is 13.0. The monoisotopic (exact) mass is 306 g/mol. The zero-order valence-electron chi connectivity index (χ0n) is 13.0. The second-order valence-electron chi connectivity index (χ2n) is 5.72. The third kappa shape index (κ3) is 2.32. The number of benzene rings is 2. The summed E-state index contributed by atoms with van der Waals surface area (Å²) in [4.78, 5) is 15.4. The fraction of sp³-hybridized carbons (Fsp3) is 0.211. The Morgan fingerprint density at radius 3 is 2.83 bits per heavy atom. The van der Waals surface area contributed by atoms with Crippen molar-refractivity contribution >= 4 is 16.5 Å². The molecule has 1 aliphatic rings. The van der Waals surface area contributed by atoms with Crippen molar-refractivity contribution in [3.8, 4) is 11.3 Å². The molecule has 116 valence electrons. The largest absolute Gasteiger partial charge is 0.363 e. The summed E-state index contributed by atoms with van der Waals surface area (Å²) >= 11 is 0. The average molecular weight is 306 g/mol. The van der Waals surface area contributed by atoms with Gasteiger partial charge in [0.05, 0.1) is 5.69 Å². The Morgan fingerprint density at radius 2 is 2.00 bits per heavy atom. The van der Waals surface area contributed by atoms with E-state index in [0.717, 1.165) is 34.1 Å². The van der Waals surface area contributed by atoms with Gasteiger partial charge in [-0.05, 0) is 41.6 Å². The number of ether oxygens (including phenoxy) is 1. The first-order chi connectivity index (χ1) is 11.3. The SMILES string of the molecule is CCOCNc1ccc2c(c1)-c1[nH]c(=O)c3ccccc3c1C2. The minimum absolute atomic E-state index is 0.0279. The molecule has 0 bridgehead atoms. The Morgan fingerprint density at radius 1 is 1.17 bits per heavy atom. The maximum absolute atomic E-state index is 12.4. The predicted octanol–water partition coefficient (Wildman–Crippen LogP) is 3.51. The highest BCUT2D eigenvalue weighted by atomic mass is 16.5. The summed E-state index contributed by atoms with van der Waals surface area (Å²) in [5.74, 6) is 0. The number of aromatic amines is 1. The van der Waals surface area contributed by atoms with Gasteiger partial charge in [-0.2, -0.15) is 0 Å². The number of fused-ring (bicyclic) bond motifs is 5. The van der Waals surface area contributed by atoms with Crippen LogP contribution >= 0.6 is 0 Å². The number of pyridine rings is 1. The number of H-pyrrole nitrogens is 1. The van der Waals surface area contributed by atoms with E-state index < -0.39 is 0 Å². The number of hydrogen-bond acceptors (Lipinski definition) is 3. The van der Waals surface area contributed by atoms with Gasteiger partial charge < -0.3 is 15.0 Å².